The lowest BCUT2D eigenvalue weighted by Gasteiger charge is -2.48. The van der Waals surface area contributed by atoms with Gasteiger partial charge in [0.1, 0.15) is 0 Å². The van der Waals surface area contributed by atoms with Gasteiger partial charge in [-0.25, -0.2) is 0 Å². The summed E-state index contributed by atoms with van der Waals surface area (Å²) < 4.78 is 0. The Hall–Kier alpha value is -0.420. The van der Waals surface area contributed by atoms with E-state index < -0.39 is 5.60 Å². The fourth-order valence-electron chi connectivity index (χ4n) is 2.01. The van der Waals surface area contributed by atoms with Gasteiger partial charge < -0.3 is 10.8 Å². The van der Waals surface area contributed by atoms with Crippen molar-refractivity contribution in [3.63, 3.8) is 0 Å². The van der Waals surface area contributed by atoms with Crippen molar-refractivity contribution in [2.45, 2.75) is 18.6 Å². The van der Waals surface area contributed by atoms with Crippen molar-refractivity contribution >= 4 is 11.3 Å². The summed E-state index contributed by atoms with van der Waals surface area (Å²) in [6.45, 7) is 3.94. The summed E-state index contributed by atoms with van der Waals surface area (Å²) in [5.74, 6) is 0. The van der Waals surface area contributed by atoms with Crippen LogP contribution in [0.5, 0.6) is 0 Å². The normalized spacial score (nSPS) is 23.1. The van der Waals surface area contributed by atoms with E-state index in [9.17, 15) is 5.11 Å². The van der Waals surface area contributed by atoms with E-state index in [4.69, 9.17) is 5.73 Å². The van der Waals surface area contributed by atoms with Gasteiger partial charge in [-0.05, 0) is 29.3 Å². The number of hydrogen-bond acceptors (Lipinski definition) is 4. The van der Waals surface area contributed by atoms with Gasteiger partial charge in [-0.3, -0.25) is 4.90 Å². The Morgan fingerprint density at radius 2 is 2.43 bits per heavy atom. The Balaban J connectivity index is 2.02. The maximum Gasteiger partial charge on any atom is 0.0872 e. The number of hydrogen-bond donors (Lipinski definition) is 2. The molecule has 0 spiro atoms. The maximum absolute atomic E-state index is 9.65. The number of nitrogens with zero attached hydrogens (tertiary/aromatic N) is 1. The second-order valence-electron chi connectivity index (χ2n) is 4.21. The van der Waals surface area contributed by atoms with Gasteiger partial charge in [0.25, 0.3) is 0 Å². The van der Waals surface area contributed by atoms with Crippen molar-refractivity contribution in [1.29, 1.82) is 0 Å². The molecule has 1 aliphatic rings. The fraction of sp³-hybridized carbons (Fsp3) is 0.600. The largest absolute Gasteiger partial charge is 0.388 e. The van der Waals surface area contributed by atoms with Gasteiger partial charge in [0.05, 0.1) is 5.60 Å². The molecule has 1 atom stereocenters. The molecule has 1 fully saturated rings. The highest BCUT2D eigenvalue weighted by Gasteiger charge is 2.40. The summed E-state index contributed by atoms with van der Waals surface area (Å²) in [6, 6.07) is 2.39. The summed E-state index contributed by atoms with van der Waals surface area (Å²) in [5.41, 5.74) is 6.51. The highest BCUT2D eigenvalue weighted by molar-refractivity contribution is 7.07. The molecule has 1 aliphatic heterocycles. The van der Waals surface area contributed by atoms with E-state index in [1.807, 2.05) is 6.92 Å². The van der Waals surface area contributed by atoms with E-state index in [0.29, 0.717) is 6.54 Å². The molecule has 0 bridgehead atoms. The summed E-state index contributed by atoms with van der Waals surface area (Å²) in [5, 5.41) is 13.8. The topological polar surface area (TPSA) is 49.5 Å². The van der Waals surface area contributed by atoms with Crippen LogP contribution in [-0.2, 0) is 0 Å². The molecule has 3 nitrogen and oxygen atoms in total. The SMILES string of the molecule is CC1(O)CN(C(CN)c2ccsc2)C1. The molecular weight excluding hydrogens is 196 g/mol. The van der Waals surface area contributed by atoms with Crippen molar-refractivity contribution in [1.82, 2.24) is 4.90 Å². The fourth-order valence-corrected chi connectivity index (χ4v) is 2.72. The van der Waals surface area contributed by atoms with Crippen LogP contribution in [0.4, 0.5) is 0 Å². The summed E-state index contributed by atoms with van der Waals surface area (Å²) in [7, 11) is 0. The van der Waals surface area contributed by atoms with Crippen molar-refractivity contribution in [2.24, 2.45) is 5.73 Å². The van der Waals surface area contributed by atoms with Crippen molar-refractivity contribution in [3.05, 3.63) is 22.4 Å². The smallest absolute Gasteiger partial charge is 0.0872 e. The molecule has 78 valence electrons. The van der Waals surface area contributed by atoms with Crippen LogP contribution in [0, 0.1) is 0 Å². The first-order valence-corrected chi connectivity index (χ1v) is 5.75. The van der Waals surface area contributed by atoms with E-state index in [0.717, 1.165) is 13.1 Å². The van der Waals surface area contributed by atoms with Crippen molar-refractivity contribution in [3.8, 4) is 0 Å². The zero-order valence-corrected chi connectivity index (χ0v) is 9.13. The third-order valence-electron chi connectivity index (χ3n) is 2.68. The first-order valence-electron chi connectivity index (χ1n) is 4.81. The van der Waals surface area contributed by atoms with Crippen LogP contribution in [0.15, 0.2) is 16.8 Å². The Bertz CT molecular complexity index is 289. The maximum atomic E-state index is 9.65. The molecule has 1 aromatic rings. The summed E-state index contributed by atoms with van der Waals surface area (Å²) in [6.07, 6.45) is 0. The number of rotatable bonds is 3. The lowest BCUT2D eigenvalue weighted by Crippen LogP contribution is -2.61. The number of aliphatic hydroxyl groups is 1. The molecule has 1 aromatic heterocycles. The quantitative estimate of drug-likeness (QED) is 0.779. The first-order chi connectivity index (χ1) is 6.62. The molecular formula is C10H16N2OS. The molecule has 2 heterocycles. The van der Waals surface area contributed by atoms with E-state index >= 15 is 0 Å². The van der Waals surface area contributed by atoms with Crippen LogP contribution in [0.1, 0.15) is 18.5 Å². The highest BCUT2D eigenvalue weighted by atomic mass is 32.1. The second kappa shape index (κ2) is 3.62. The average molecular weight is 212 g/mol. The van der Waals surface area contributed by atoms with Crippen LogP contribution in [0.3, 0.4) is 0 Å². The Labute approximate surface area is 88.1 Å². The molecule has 4 heteroatoms. The molecule has 3 N–H and O–H groups in total. The number of thiophene rings is 1. The number of β-amino-alcohol motifs (C(OH)–C–C–N with tert-alkyl or cyclic N) is 1. The van der Waals surface area contributed by atoms with Crippen LogP contribution >= 0.6 is 11.3 Å². The van der Waals surface area contributed by atoms with Gasteiger partial charge in [0.15, 0.2) is 0 Å². The van der Waals surface area contributed by atoms with Crippen LogP contribution in [0.2, 0.25) is 0 Å². The molecule has 1 saturated heterocycles. The molecule has 0 saturated carbocycles. The summed E-state index contributed by atoms with van der Waals surface area (Å²) >= 11 is 1.69. The number of nitrogens with two attached hydrogens (primary N) is 1. The van der Waals surface area contributed by atoms with Crippen molar-refractivity contribution < 1.29 is 5.11 Å². The third kappa shape index (κ3) is 1.83. The molecule has 1 unspecified atom stereocenters. The molecule has 0 amide bonds. The van der Waals surface area contributed by atoms with Gasteiger partial charge in [-0.1, -0.05) is 0 Å². The predicted molar refractivity (Wildman–Crippen MR) is 58.3 cm³/mol. The van der Waals surface area contributed by atoms with E-state index in [2.05, 4.69) is 21.7 Å². The Morgan fingerprint density at radius 3 is 2.86 bits per heavy atom. The lowest BCUT2D eigenvalue weighted by atomic mass is 9.93. The van der Waals surface area contributed by atoms with E-state index in [1.54, 1.807) is 11.3 Å². The van der Waals surface area contributed by atoms with E-state index in [1.165, 1.54) is 5.56 Å². The number of likely N-dealkylation sites (tertiary alicyclic amines) is 1. The first kappa shape index (κ1) is 10.1. The Kier molecular flexibility index (Phi) is 2.62. The Morgan fingerprint density at radius 1 is 1.71 bits per heavy atom. The van der Waals surface area contributed by atoms with Crippen LogP contribution in [-0.4, -0.2) is 35.2 Å². The molecule has 0 radical (unpaired) electrons. The zero-order chi connectivity index (χ0) is 10.2. The van der Waals surface area contributed by atoms with Gasteiger partial charge >= 0.3 is 0 Å². The highest BCUT2D eigenvalue weighted by Crippen LogP contribution is 2.30. The standard InChI is InChI=1S/C10H16N2OS/c1-10(13)6-12(7-10)9(4-11)8-2-3-14-5-8/h2-3,5,9,13H,4,6-7,11H2,1H3. The van der Waals surface area contributed by atoms with Crippen LogP contribution < -0.4 is 5.73 Å². The average Bonchev–Trinajstić information content (AvgIpc) is 2.55. The minimum atomic E-state index is -0.510. The van der Waals surface area contributed by atoms with Gasteiger partial charge in [0.2, 0.25) is 0 Å². The predicted octanol–water partition coefficient (Wildman–Crippen LogP) is 0.815. The zero-order valence-electron chi connectivity index (χ0n) is 8.31. The van der Waals surface area contributed by atoms with Crippen LogP contribution in [0.25, 0.3) is 0 Å². The second-order valence-corrected chi connectivity index (χ2v) is 4.99. The molecule has 0 aliphatic carbocycles. The van der Waals surface area contributed by atoms with E-state index in [-0.39, 0.29) is 6.04 Å². The summed E-state index contributed by atoms with van der Waals surface area (Å²) in [4.78, 5) is 2.22. The minimum absolute atomic E-state index is 0.279. The monoisotopic (exact) mass is 212 g/mol. The van der Waals surface area contributed by atoms with Crippen molar-refractivity contribution in [2.75, 3.05) is 19.6 Å². The molecule has 0 aromatic carbocycles. The van der Waals surface area contributed by atoms with Gasteiger partial charge in [-0.2, -0.15) is 11.3 Å². The minimum Gasteiger partial charge on any atom is -0.388 e. The molecule has 2 rings (SSSR count). The third-order valence-corrected chi connectivity index (χ3v) is 3.38. The lowest BCUT2D eigenvalue weighted by molar-refractivity contribution is -0.101. The van der Waals surface area contributed by atoms with Gasteiger partial charge in [-0.15, -0.1) is 0 Å². The molecule has 14 heavy (non-hydrogen) atoms. The van der Waals surface area contributed by atoms with Gasteiger partial charge in [0, 0.05) is 25.7 Å².